The normalized spacial score (nSPS) is 13.4. The van der Waals surface area contributed by atoms with Gasteiger partial charge in [0.2, 0.25) is 5.96 Å². The molecule has 0 heterocycles. The highest BCUT2D eigenvalue weighted by molar-refractivity contribution is 6.52. The predicted octanol–water partition coefficient (Wildman–Crippen LogP) is 6.63. The molecule has 0 aliphatic heterocycles. The first kappa shape index (κ1) is 18.7. The average molecular weight is 439 g/mol. The maximum atomic E-state index is 6.27. The maximum absolute atomic E-state index is 6.27. The van der Waals surface area contributed by atoms with E-state index in [4.69, 9.17) is 52.1 Å². The van der Waals surface area contributed by atoms with Crippen molar-refractivity contribution in [2.45, 2.75) is 12.8 Å². The Morgan fingerprint density at radius 2 is 1.78 bits per heavy atom. The highest BCUT2D eigenvalue weighted by Gasteiger charge is 2.21. The number of hydrogen-bond donors (Lipinski definition) is 1. The molecule has 0 aromatic heterocycles. The van der Waals surface area contributed by atoms with Crippen LogP contribution in [0, 0.1) is 0 Å². The molecule has 0 atom stereocenters. The lowest BCUT2D eigenvalue weighted by Crippen LogP contribution is -2.34. The molecule has 3 aromatic rings. The van der Waals surface area contributed by atoms with Gasteiger partial charge in [0.1, 0.15) is 0 Å². The van der Waals surface area contributed by atoms with Crippen molar-refractivity contribution in [2.75, 3.05) is 11.9 Å². The summed E-state index contributed by atoms with van der Waals surface area (Å²) in [6, 6.07) is 12.1. The van der Waals surface area contributed by atoms with Crippen molar-refractivity contribution in [3.05, 3.63) is 67.6 Å². The SMILES string of the molecule is CN(C(N)=Nc1cc(Cl)c(Cl)c(Cl)c1Cl)c1ccc2cccc3c2c1CC3. The third kappa shape index (κ3) is 3.13. The van der Waals surface area contributed by atoms with Crippen LogP contribution in [0.25, 0.3) is 10.8 Å². The summed E-state index contributed by atoms with van der Waals surface area (Å²) in [5, 5.41) is 3.40. The number of aliphatic imine (C=N–C) groups is 1. The molecular formula is C20H15Cl4N3. The largest absolute Gasteiger partial charge is 0.369 e. The van der Waals surface area contributed by atoms with E-state index in [9.17, 15) is 0 Å². The minimum atomic E-state index is 0.161. The topological polar surface area (TPSA) is 41.6 Å². The van der Waals surface area contributed by atoms with Crippen molar-refractivity contribution in [3.8, 4) is 0 Å². The molecule has 0 bridgehead atoms. The fourth-order valence-electron chi connectivity index (χ4n) is 3.52. The van der Waals surface area contributed by atoms with Crippen molar-refractivity contribution in [1.29, 1.82) is 0 Å². The van der Waals surface area contributed by atoms with Gasteiger partial charge in [-0.2, -0.15) is 0 Å². The summed E-state index contributed by atoms with van der Waals surface area (Å²) in [6.45, 7) is 0. The van der Waals surface area contributed by atoms with Crippen molar-refractivity contribution in [2.24, 2.45) is 10.7 Å². The van der Waals surface area contributed by atoms with Gasteiger partial charge in [-0.15, -0.1) is 0 Å². The number of hydrogen-bond acceptors (Lipinski definition) is 1. The third-order valence-corrected chi connectivity index (χ3v) is 6.62. The van der Waals surface area contributed by atoms with Gasteiger partial charge < -0.3 is 10.6 Å². The maximum Gasteiger partial charge on any atom is 0.200 e. The molecule has 1 aliphatic rings. The monoisotopic (exact) mass is 437 g/mol. The van der Waals surface area contributed by atoms with Gasteiger partial charge in [-0.1, -0.05) is 70.7 Å². The Morgan fingerprint density at radius 3 is 2.56 bits per heavy atom. The Kier molecular flexibility index (Phi) is 4.89. The number of anilines is 1. The van der Waals surface area contributed by atoms with Crippen molar-refractivity contribution < 1.29 is 0 Å². The van der Waals surface area contributed by atoms with Crippen LogP contribution in [0.5, 0.6) is 0 Å². The zero-order valence-electron chi connectivity index (χ0n) is 14.4. The minimum absolute atomic E-state index is 0.161. The Labute approximate surface area is 177 Å². The molecule has 0 radical (unpaired) electrons. The number of nitrogens with two attached hydrogens (primary N) is 1. The lowest BCUT2D eigenvalue weighted by atomic mass is 10.0. The summed E-state index contributed by atoms with van der Waals surface area (Å²) in [4.78, 5) is 6.28. The summed E-state index contributed by atoms with van der Waals surface area (Å²) in [5.41, 5.74) is 10.3. The van der Waals surface area contributed by atoms with Crippen LogP contribution in [0.3, 0.4) is 0 Å². The number of rotatable bonds is 2. The third-order valence-electron chi connectivity index (χ3n) is 4.88. The van der Waals surface area contributed by atoms with Crippen LogP contribution in [0.4, 0.5) is 11.4 Å². The molecule has 0 amide bonds. The number of benzene rings is 3. The lowest BCUT2D eigenvalue weighted by molar-refractivity contribution is 1.02. The fraction of sp³-hybridized carbons (Fsp3) is 0.150. The highest BCUT2D eigenvalue weighted by Crippen LogP contribution is 2.42. The van der Waals surface area contributed by atoms with Crippen molar-refractivity contribution >= 4 is 74.5 Å². The van der Waals surface area contributed by atoms with E-state index in [-0.39, 0.29) is 26.1 Å². The second-order valence-electron chi connectivity index (χ2n) is 6.43. The van der Waals surface area contributed by atoms with E-state index in [1.54, 1.807) is 6.07 Å². The van der Waals surface area contributed by atoms with Gasteiger partial charge >= 0.3 is 0 Å². The molecule has 0 saturated heterocycles. The van der Waals surface area contributed by atoms with Crippen LogP contribution in [0.15, 0.2) is 41.4 Å². The van der Waals surface area contributed by atoms with Crippen molar-refractivity contribution in [1.82, 2.24) is 0 Å². The number of halogens is 4. The van der Waals surface area contributed by atoms with E-state index in [0.717, 1.165) is 18.5 Å². The number of nitrogens with zero attached hydrogens (tertiary/aromatic N) is 2. The molecule has 0 saturated carbocycles. The summed E-state index contributed by atoms with van der Waals surface area (Å²) >= 11 is 24.5. The van der Waals surface area contributed by atoms with Crippen LogP contribution in [-0.4, -0.2) is 13.0 Å². The first-order valence-corrected chi connectivity index (χ1v) is 9.84. The molecule has 7 heteroatoms. The Morgan fingerprint density at radius 1 is 1.00 bits per heavy atom. The molecule has 0 fully saturated rings. The van der Waals surface area contributed by atoms with Crippen LogP contribution in [0.1, 0.15) is 11.1 Å². The van der Waals surface area contributed by atoms with E-state index in [1.807, 2.05) is 11.9 Å². The number of guanidine groups is 1. The van der Waals surface area contributed by atoms with E-state index in [2.05, 4.69) is 35.3 Å². The van der Waals surface area contributed by atoms with Gasteiger partial charge in [0.05, 0.1) is 25.8 Å². The second-order valence-corrected chi connectivity index (χ2v) is 7.97. The lowest BCUT2D eigenvalue weighted by Gasteiger charge is -2.22. The van der Waals surface area contributed by atoms with Crippen LogP contribution < -0.4 is 10.6 Å². The first-order valence-electron chi connectivity index (χ1n) is 8.33. The molecule has 0 unspecified atom stereocenters. The van der Waals surface area contributed by atoms with E-state index >= 15 is 0 Å². The van der Waals surface area contributed by atoms with E-state index in [1.165, 1.54) is 21.9 Å². The van der Waals surface area contributed by atoms with Gasteiger partial charge in [-0.3, -0.25) is 0 Å². The summed E-state index contributed by atoms with van der Waals surface area (Å²) in [5.74, 6) is 0.284. The van der Waals surface area contributed by atoms with Gasteiger partial charge in [0.25, 0.3) is 0 Å². The standard InChI is InChI=1S/C20H15Cl4N3/c1-27(20(25)26-14-9-13(21)17(22)19(24)18(14)23)15-8-6-11-4-2-3-10-5-7-12(15)16(10)11/h2-4,6,8-9H,5,7H2,1H3,(H2,25,26). The van der Waals surface area contributed by atoms with Gasteiger partial charge in [0.15, 0.2) is 0 Å². The van der Waals surface area contributed by atoms with Crippen LogP contribution in [-0.2, 0) is 12.8 Å². The molecular weight excluding hydrogens is 424 g/mol. The predicted molar refractivity (Wildman–Crippen MR) is 118 cm³/mol. The molecule has 27 heavy (non-hydrogen) atoms. The summed E-state index contributed by atoms with van der Waals surface area (Å²) in [7, 11) is 1.88. The van der Waals surface area contributed by atoms with E-state index < -0.39 is 0 Å². The van der Waals surface area contributed by atoms with Gasteiger partial charge in [0, 0.05) is 12.7 Å². The zero-order valence-corrected chi connectivity index (χ0v) is 17.4. The fourth-order valence-corrected chi connectivity index (χ4v) is 4.36. The summed E-state index contributed by atoms with van der Waals surface area (Å²) in [6.07, 6.45) is 2.01. The summed E-state index contributed by atoms with van der Waals surface area (Å²) < 4.78 is 0. The molecule has 3 aromatic carbocycles. The average Bonchev–Trinajstić information content (AvgIpc) is 3.10. The quantitative estimate of drug-likeness (QED) is 0.211. The molecule has 2 N–H and O–H groups in total. The Hall–Kier alpha value is -1.65. The van der Waals surface area contributed by atoms with Crippen LogP contribution in [0.2, 0.25) is 20.1 Å². The number of aryl methyl sites for hydroxylation is 2. The molecule has 3 nitrogen and oxygen atoms in total. The highest BCUT2D eigenvalue weighted by atomic mass is 35.5. The van der Waals surface area contributed by atoms with Gasteiger partial charge in [-0.25, -0.2) is 4.99 Å². The van der Waals surface area contributed by atoms with Crippen LogP contribution >= 0.6 is 46.4 Å². The molecule has 0 spiro atoms. The van der Waals surface area contributed by atoms with Crippen molar-refractivity contribution in [3.63, 3.8) is 0 Å². The Bertz CT molecular complexity index is 1110. The first-order chi connectivity index (χ1) is 12.9. The molecule has 4 rings (SSSR count). The smallest absolute Gasteiger partial charge is 0.200 e. The second kappa shape index (κ2) is 7.06. The molecule has 1 aliphatic carbocycles. The Balaban J connectivity index is 1.78. The van der Waals surface area contributed by atoms with E-state index in [0.29, 0.717) is 5.69 Å². The zero-order chi connectivity index (χ0) is 19.3. The van der Waals surface area contributed by atoms with Gasteiger partial charge in [-0.05, 0) is 46.9 Å². The minimum Gasteiger partial charge on any atom is -0.369 e. The molecule has 138 valence electrons.